The Kier molecular flexibility index (Phi) is 13.0. The van der Waals surface area contributed by atoms with Crippen LogP contribution in [-0.2, 0) is 40.2 Å². The maximum absolute atomic E-state index is 10.9. The van der Waals surface area contributed by atoms with Gasteiger partial charge in [-0.2, -0.15) is 0 Å². The largest absolute Gasteiger partial charge is 4.00 e. The molecule has 11 heteroatoms. The van der Waals surface area contributed by atoms with E-state index in [1.54, 1.807) is 0 Å². The number of rotatable bonds is 4. The Hall–Kier alpha value is -0.402. The number of hydrogen-bond acceptors (Lipinski definition) is 6. The second kappa shape index (κ2) is 12.1. The van der Waals surface area contributed by atoms with Crippen molar-refractivity contribution in [2.75, 3.05) is 0 Å². The smallest absolute Gasteiger partial charge is 0.693 e. The Morgan fingerprint density at radius 3 is 1.76 bits per heavy atom. The number of hydrogen-bond donors (Lipinski definition) is 0. The van der Waals surface area contributed by atoms with Crippen LogP contribution in [0.15, 0.2) is 0 Å². The van der Waals surface area contributed by atoms with Crippen molar-refractivity contribution >= 4 is 41.1 Å². The fraction of sp³-hybridized carbons (Fsp3) is 0.786. The molecule has 0 aromatic rings. The number of halogens is 2. The third kappa shape index (κ3) is 7.79. The molecule has 2 aliphatic carbocycles. The van der Waals surface area contributed by atoms with Crippen LogP contribution in [0.1, 0.15) is 44.9 Å². The van der Waals surface area contributed by atoms with Crippen molar-refractivity contribution in [3.05, 3.63) is 11.9 Å². The summed E-state index contributed by atoms with van der Waals surface area (Å²) in [5.41, 5.74) is 5.19. The predicted octanol–water partition coefficient (Wildman–Crippen LogP) is 1.07. The first-order valence-electron chi connectivity index (χ1n) is 7.31. The van der Waals surface area contributed by atoms with Crippen LogP contribution in [-0.4, -0.2) is 34.9 Å². The molecule has 0 spiro atoms. The monoisotopic (exact) mass is 577 g/mol. The van der Waals surface area contributed by atoms with E-state index in [1.165, 1.54) is 19.3 Å². The molecule has 0 heterocycles. The number of alkyl halides is 2. The second-order valence-corrected chi connectivity index (χ2v) is 6.86. The number of nitrogens with one attached hydrogen (secondary N) is 1. The summed E-state index contributed by atoms with van der Waals surface area (Å²) in [6.07, 6.45) is 4.63. The van der Waals surface area contributed by atoms with Gasteiger partial charge in [0.25, 0.3) is 0 Å². The molecule has 0 saturated heterocycles. The summed E-state index contributed by atoms with van der Waals surface area (Å²) in [6.45, 7) is 0. The molecule has 0 radical (unpaired) electrons. The molecule has 0 unspecified atom stereocenters. The van der Waals surface area contributed by atoms with Crippen LogP contribution < -0.4 is 10.2 Å². The van der Waals surface area contributed by atoms with E-state index in [1.807, 2.05) is 0 Å². The van der Waals surface area contributed by atoms with Crippen molar-refractivity contribution in [3.8, 4) is 0 Å². The van der Waals surface area contributed by atoms with Gasteiger partial charge in [-0.1, -0.05) is 55.3 Å². The number of ether oxygens (including phenoxy) is 1. The summed E-state index contributed by atoms with van der Waals surface area (Å²) in [5, 5.41) is 21.2. The molecule has 2 fully saturated rings. The first-order valence-corrected chi connectivity index (χ1v) is 8.19. The average molecular weight is 578 g/mol. The first kappa shape index (κ1) is 26.8. The van der Waals surface area contributed by atoms with Crippen LogP contribution in [0, 0.1) is 5.41 Å². The minimum absolute atomic E-state index is 0. The van der Waals surface area contributed by atoms with E-state index >= 15 is 0 Å². The van der Waals surface area contributed by atoms with Crippen molar-refractivity contribution in [2.45, 2.75) is 61.9 Å². The molecule has 0 aliphatic heterocycles. The molecule has 25 heavy (non-hydrogen) atoms. The Labute approximate surface area is 170 Å². The van der Waals surface area contributed by atoms with Crippen molar-refractivity contribution in [3.63, 3.8) is 0 Å². The third-order valence-corrected chi connectivity index (χ3v) is 4.36. The van der Waals surface area contributed by atoms with E-state index < -0.39 is 47.1 Å². The van der Waals surface area contributed by atoms with Crippen LogP contribution in [0.5, 0.6) is 0 Å². The van der Waals surface area contributed by atoms with Crippen LogP contribution in [0.4, 0.5) is 0 Å². The topological polar surface area (TPSA) is 164 Å². The van der Waals surface area contributed by atoms with Gasteiger partial charge in [0.15, 0.2) is 0 Å². The molecule has 0 aromatic carbocycles. The van der Waals surface area contributed by atoms with E-state index in [0.717, 1.165) is 12.8 Å². The van der Waals surface area contributed by atoms with E-state index in [9.17, 15) is 24.6 Å². The van der Waals surface area contributed by atoms with Gasteiger partial charge in [0, 0.05) is 12.8 Å². The molecule has 146 valence electrons. The summed E-state index contributed by atoms with van der Waals surface area (Å²) in [7, 11) is 0. The molecule has 2 aliphatic rings. The van der Waals surface area contributed by atoms with Crippen molar-refractivity contribution < 1.29 is 50.4 Å². The van der Waals surface area contributed by atoms with Crippen LogP contribution in [0.3, 0.4) is 0 Å². The number of carboxylic acids is 2. The number of carbonyl (C=O) groups is 3. The molecule has 0 bridgehead atoms. The molecule has 0 aromatic heterocycles. The summed E-state index contributed by atoms with van der Waals surface area (Å²) in [6, 6.07) is 0.286. The summed E-state index contributed by atoms with van der Waals surface area (Å²) in [4.78, 5) is 30.7. The Bertz CT molecular complexity index is 439. The summed E-state index contributed by atoms with van der Waals surface area (Å²) < 4.78 is 4.62. The summed E-state index contributed by atoms with van der Waals surface area (Å²) in [5.74, 6) is -4.46. The molecule has 0 atom stereocenters. The third-order valence-electron chi connectivity index (χ3n) is 4.00. The van der Waals surface area contributed by atoms with Gasteiger partial charge in [0.1, 0.15) is 6.10 Å². The maximum Gasteiger partial charge on any atom is 4.00 e. The first-order chi connectivity index (χ1) is 10.7. The molecular weight excluding hydrogens is 558 g/mol. The quantitative estimate of drug-likeness (QED) is 0.275. The summed E-state index contributed by atoms with van der Waals surface area (Å²) >= 11 is 10.4. The van der Waals surface area contributed by atoms with E-state index in [-0.39, 0.29) is 33.3 Å². The predicted molar refractivity (Wildman–Crippen MR) is 83.5 cm³/mol. The minimum atomic E-state index is -2.08. The number of nitrogens with two attached hydrogens (primary N) is 1. The Balaban J connectivity index is 0. The molecule has 2 saturated carbocycles. The normalized spacial score (nSPS) is 19.2. The minimum Gasteiger partial charge on any atom is -0.693 e. The van der Waals surface area contributed by atoms with Gasteiger partial charge in [-0.25, -0.2) is 4.79 Å². The van der Waals surface area contributed by atoms with E-state index in [0.29, 0.717) is 0 Å². The van der Waals surface area contributed by atoms with Crippen molar-refractivity contribution in [1.29, 1.82) is 0 Å². The molecule has 8 nitrogen and oxygen atoms in total. The van der Waals surface area contributed by atoms with Crippen LogP contribution in [0.25, 0.3) is 11.9 Å². The number of carbonyl (C=O) groups excluding carboxylic acids is 3. The van der Waals surface area contributed by atoms with Gasteiger partial charge in [-0.3, -0.25) is 0 Å². The Morgan fingerprint density at radius 2 is 1.48 bits per heavy atom. The molecule has 3 N–H and O–H groups in total. The fourth-order valence-corrected chi connectivity index (χ4v) is 2.64. The molecule has 0 amide bonds. The molecule has 2 rings (SSSR count). The number of esters is 1. The zero-order valence-corrected chi connectivity index (χ0v) is 17.1. The Morgan fingerprint density at radius 1 is 1.04 bits per heavy atom. The van der Waals surface area contributed by atoms with Gasteiger partial charge >= 0.3 is 27.0 Å². The van der Waals surface area contributed by atoms with Crippen molar-refractivity contribution in [1.82, 2.24) is 0 Å². The zero-order chi connectivity index (χ0) is 17.6. The SMILES string of the molecule is O=C(OC1CC(C(=O)[O-])(C(=O)[O-])C1)C(Cl)Cl.[NH-]C1CCCCC1.[NH2-].[Pt+4]. The van der Waals surface area contributed by atoms with Gasteiger partial charge in [-0.15, -0.1) is 6.04 Å². The zero-order valence-electron chi connectivity index (χ0n) is 13.3. The standard InChI is InChI=1S/C8H8Cl2O6.C6H12N.H2N.Pt/c9-4(10)5(11)16-3-1-8(2-3,6(12)13)7(14)15;7-6-4-2-1-3-5-6;;/h3-4H,1-2H2,(H,12,13)(H,14,15);6-7H,1-5H2;1H2;/q;2*-1;+4/p-2. The maximum atomic E-state index is 10.9. The van der Waals surface area contributed by atoms with Crippen LogP contribution in [0.2, 0.25) is 0 Å². The average Bonchev–Trinajstić information content (AvgIpc) is 2.42. The number of carboxylic acid groups (broad SMARTS) is 2. The van der Waals surface area contributed by atoms with Gasteiger partial charge in [0.2, 0.25) is 4.84 Å². The number of aliphatic carboxylic acids is 2. The fourth-order valence-electron chi connectivity index (χ4n) is 2.54. The van der Waals surface area contributed by atoms with E-state index in [4.69, 9.17) is 28.9 Å². The molecular formula is C14H20Cl2N2O6Pt. The van der Waals surface area contributed by atoms with Gasteiger partial charge in [0.05, 0.1) is 17.4 Å². The van der Waals surface area contributed by atoms with Gasteiger partial charge in [-0.05, 0) is 0 Å². The van der Waals surface area contributed by atoms with Gasteiger partial charge < -0.3 is 36.4 Å². The van der Waals surface area contributed by atoms with Crippen molar-refractivity contribution in [2.24, 2.45) is 5.41 Å². The van der Waals surface area contributed by atoms with E-state index in [2.05, 4.69) is 4.74 Å². The van der Waals surface area contributed by atoms with Crippen LogP contribution >= 0.6 is 23.2 Å². The second-order valence-electron chi connectivity index (χ2n) is 5.76.